The molecule has 1 N–H and O–H groups in total. The van der Waals surface area contributed by atoms with Gasteiger partial charge in [0, 0.05) is 33.4 Å². The third-order valence-corrected chi connectivity index (χ3v) is 6.66. The van der Waals surface area contributed by atoms with Crippen molar-refractivity contribution in [3.63, 3.8) is 0 Å². The van der Waals surface area contributed by atoms with Gasteiger partial charge >= 0.3 is 0 Å². The Balaban J connectivity index is 2.30. The number of hydrogen-bond acceptors (Lipinski definition) is 9. The summed E-state index contributed by atoms with van der Waals surface area (Å²) in [4.78, 5) is 21.9. The Labute approximate surface area is 190 Å². The number of nitrogens with one attached hydrogen (secondary N) is 1. The Morgan fingerprint density at radius 1 is 1.28 bits per heavy atom. The second kappa shape index (κ2) is 12.0. The van der Waals surface area contributed by atoms with Crippen LogP contribution in [0.25, 0.3) is 0 Å². The van der Waals surface area contributed by atoms with Crippen LogP contribution in [0.1, 0.15) is 12.5 Å². The zero-order chi connectivity index (χ0) is 23.7. The molecular formula is C19H25FN4O6S2. The average molecular weight is 489 g/mol. The molecule has 1 amide bonds. The third-order valence-electron chi connectivity index (χ3n) is 4.08. The van der Waals surface area contributed by atoms with Crippen molar-refractivity contribution in [1.29, 1.82) is 0 Å². The monoisotopic (exact) mass is 488 g/mol. The van der Waals surface area contributed by atoms with Gasteiger partial charge in [0.2, 0.25) is 10.0 Å². The van der Waals surface area contributed by atoms with Crippen LogP contribution in [0.15, 0.2) is 40.5 Å². The summed E-state index contributed by atoms with van der Waals surface area (Å²) < 4.78 is 49.6. The lowest BCUT2D eigenvalue weighted by Crippen LogP contribution is -2.30. The highest BCUT2D eigenvalue weighted by Gasteiger charge is 2.22. The molecule has 0 aliphatic carbocycles. The van der Waals surface area contributed by atoms with Crippen molar-refractivity contribution in [2.24, 2.45) is 5.16 Å². The predicted octanol–water partition coefficient (Wildman–Crippen LogP) is 1.94. The number of hydrogen-bond donors (Lipinski definition) is 1. The van der Waals surface area contributed by atoms with Gasteiger partial charge in [-0.1, -0.05) is 28.6 Å². The van der Waals surface area contributed by atoms with Gasteiger partial charge in [-0.15, -0.1) is 0 Å². The smallest absolute Gasteiger partial charge is 0.280 e. The number of nitrogens with zero attached hydrogens (tertiary/aromatic N) is 3. The lowest BCUT2D eigenvalue weighted by molar-refractivity contribution is -0.110. The van der Waals surface area contributed by atoms with Crippen molar-refractivity contribution in [2.45, 2.75) is 17.9 Å². The summed E-state index contributed by atoms with van der Waals surface area (Å²) in [6.45, 7) is 2.37. The minimum atomic E-state index is -3.74. The lowest BCUT2D eigenvalue weighted by Gasteiger charge is -2.17. The quantitative estimate of drug-likeness (QED) is 0.358. The van der Waals surface area contributed by atoms with Gasteiger partial charge in [-0.2, -0.15) is 8.70 Å². The topological polar surface area (TPSA) is 119 Å². The lowest BCUT2D eigenvalue weighted by atomic mass is 10.1. The minimum Gasteiger partial charge on any atom is -0.390 e. The molecule has 1 atom stereocenters. The maximum absolute atomic E-state index is 13.2. The summed E-state index contributed by atoms with van der Waals surface area (Å²) in [6.07, 6.45) is 0.530. The SMILES string of the molecule is COCCN(C)S(=O)(=O)c1ccc(/C(=N\O[C@H](C)COC)C(=O)Nc2ncc(F)s2)cc1. The summed E-state index contributed by atoms with van der Waals surface area (Å²) >= 11 is 0.656. The van der Waals surface area contributed by atoms with Gasteiger partial charge in [-0.05, 0) is 19.1 Å². The van der Waals surface area contributed by atoms with Crippen LogP contribution in [0.4, 0.5) is 9.52 Å². The first-order chi connectivity index (χ1) is 15.2. The number of halogens is 1. The van der Waals surface area contributed by atoms with Crippen molar-refractivity contribution in [3.05, 3.63) is 41.2 Å². The number of amides is 1. The highest BCUT2D eigenvalue weighted by Crippen LogP contribution is 2.18. The molecule has 0 aliphatic heterocycles. The van der Waals surface area contributed by atoms with Crippen molar-refractivity contribution >= 4 is 38.1 Å². The highest BCUT2D eigenvalue weighted by molar-refractivity contribution is 7.89. The van der Waals surface area contributed by atoms with E-state index in [1.165, 1.54) is 49.8 Å². The van der Waals surface area contributed by atoms with Gasteiger partial charge < -0.3 is 14.3 Å². The van der Waals surface area contributed by atoms with Crippen LogP contribution in [0.3, 0.4) is 0 Å². The minimum absolute atomic E-state index is 0.0373. The molecule has 1 aromatic carbocycles. The molecule has 32 heavy (non-hydrogen) atoms. The number of carbonyl (C=O) groups excluding carboxylic acids is 1. The summed E-state index contributed by atoms with van der Waals surface area (Å²) in [7, 11) is 0.688. The van der Waals surface area contributed by atoms with Crippen LogP contribution in [0.5, 0.6) is 0 Å². The fourth-order valence-corrected chi connectivity index (χ4v) is 4.10. The van der Waals surface area contributed by atoms with Crippen molar-refractivity contribution in [3.8, 4) is 0 Å². The first-order valence-electron chi connectivity index (χ1n) is 9.40. The number of thiazole rings is 1. The Morgan fingerprint density at radius 3 is 2.53 bits per heavy atom. The van der Waals surface area contributed by atoms with Gasteiger partial charge in [0.15, 0.2) is 16.0 Å². The van der Waals surface area contributed by atoms with E-state index in [1.54, 1.807) is 6.92 Å². The summed E-state index contributed by atoms with van der Waals surface area (Å²) in [5, 5.41) is 5.85. The van der Waals surface area contributed by atoms with Gasteiger partial charge in [0.25, 0.3) is 5.91 Å². The summed E-state index contributed by atoms with van der Waals surface area (Å²) in [5.74, 6) is -0.697. The van der Waals surface area contributed by atoms with E-state index in [0.717, 1.165) is 6.20 Å². The van der Waals surface area contributed by atoms with E-state index in [-0.39, 0.29) is 35.5 Å². The number of benzene rings is 1. The molecule has 0 spiro atoms. The maximum atomic E-state index is 13.2. The number of carbonyl (C=O) groups is 1. The molecule has 1 aromatic heterocycles. The zero-order valence-electron chi connectivity index (χ0n) is 18.1. The van der Waals surface area contributed by atoms with Crippen LogP contribution >= 0.6 is 11.3 Å². The predicted molar refractivity (Wildman–Crippen MR) is 118 cm³/mol. The Kier molecular flexibility index (Phi) is 9.65. The fourth-order valence-electron chi connectivity index (χ4n) is 2.41. The van der Waals surface area contributed by atoms with Gasteiger partial charge in [-0.25, -0.2) is 13.4 Å². The first kappa shape index (κ1) is 25.8. The van der Waals surface area contributed by atoms with Crippen molar-refractivity contribution in [2.75, 3.05) is 46.3 Å². The van der Waals surface area contributed by atoms with Gasteiger partial charge in [0.05, 0.1) is 24.3 Å². The summed E-state index contributed by atoms with van der Waals surface area (Å²) in [6, 6.07) is 5.58. The molecule has 0 aliphatic rings. The molecule has 0 unspecified atom stereocenters. The van der Waals surface area contributed by atoms with Crippen LogP contribution in [0.2, 0.25) is 0 Å². The second-order valence-corrected chi connectivity index (χ2v) is 9.60. The van der Waals surface area contributed by atoms with E-state index >= 15 is 0 Å². The molecule has 0 fully saturated rings. The van der Waals surface area contributed by atoms with Crippen LogP contribution in [0, 0.1) is 5.13 Å². The number of methoxy groups -OCH3 is 2. The molecule has 1 heterocycles. The largest absolute Gasteiger partial charge is 0.390 e. The van der Waals surface area contributed by atoms with E-state index in [2.05, 4.69) is 15.5 Å². The molecule has 0 saturated heterocycles. The number of aromatic nitrogens is 1. The van der Waals surface area contributed by atoms with Crippen LogP contribution in [-0.2, 0) is 29.1 Å². The van der Waals surface area contributed by atoms with Crippen LogP contribution < -0.4 is 5.32 Å². The molecule has 2 aromatic rings. The van der Waals surface area contributed by atoms with E-state index in [9.17, 15) is 17.6 Å². The number of anilines is 1. The van der Waals surface area contributed by atoms with E-state index in [0.29, 0.717) is 16.9 Å². The van der Waals surface area contributed by atoms with Crippen LogP contribution in [-0.4, -0.2) is 76.5 Å². The fraction of sp³-hybridized carbons (Fsp3) is 0.421. The molecule has 0 saturated carbocycles. The normalized spacial score (nSPS) is 13.2. The Bertz CT molecular complexity index is 1030. The second-order valence-electron chi connectivity index (χ2n) is 6.58. The zero-order valence-corrected chi connectivity index (χ0v) is 19.7. The third kappa shape index (κ3) is 7.03. The van der Waals surface area contributed by atoms with E-state index in [4.69, 9.17) is 14.3 Å². The average Bonchev–Trinajstić information content (AvgIpc) is 3.17. The molecule has 176 valence electrons. The number of likely N-dealkylation sites (N-methyl/N-ethyl adjacent to an activating group) is 1. The van der Waals surface area contributed by atoms with E-state index < -0.39 is 27.2 Å². The van der Waals surface area contributed by atoms with E-state index in [1.807, 2.05) is 0 Å². The maximum Gasteiger partial charge on any atom is 0.280 e. The highest BCUT2D eigenvalue weighted by atomic mass is 32.2. The van der Waals surface area contributed by atoms with Gasteiger partial charge in [-0.3, -0.25) is 10.1 Å². The Morgan fingerprint density at radius 2 is 1.97 bits per heavy atom. The molecular weight excluding hydrogens is 463 g/mol. The first-order valence-corrected chi connectivity index (χ1v) is 11.7. The molecule has 0 bridgehead atoms. The van der Waals surface area contributed by atoms with Gasteiger partial charge in [0.1, 0.15) is 6.10 Å². The number of rotatable bonds is 12. The number of oxime groups is 1. The number of ether oxygens (including phenoxy) is 2. The molecule has 0 radical (unpaired) electrons. The molecule has 10 nitrogen and oxygen atoms in total. The molecule has 13 heteroatoms. The molecule has 2 rings (SSSR count). The summed E-state index contributed by atoms with van der Waals surface area (Å²) in [5.41, 5.74) is 0.155. The standard InChI is InChI=1S/C19H25FN4O6S2/c1-13(12-29-4)30-23-17(18(25)22-19-21-11-16(20)31-19)14-5-7-15(8-6-14)32(26,27)24(2)9-10-28-3/h5-8,11,13H,9-10,12H2,1-4H3,(H,21,22,25)/b23-17+/t13-/m1/s1. The Hall–Kier alpha value is -2.45. The number of sulfonamides is 1. The van der Waals surface area contributed by atoms with Crippen molar-refractivity contribution in [1.82, 2.24) is 9.29 Å². The van der Waals surface area contributed by atoms with Crippen molar-refractivity contribution < 1.29 is 31.9 Å².